The van der Waals surface area contributed by atoms with Crippen LogP contribution in [0.3, 0.4) is 0 Å². The second-order valence-electron chi connectivity index (χ2n) is 4.34. The van der Waals surface area contributed by atoms with E-state index in [1.165, 1.54) is 0 Å². The Hall–Kier alpha value is -1.36. The zero-order valence-corrected chi connectivity index (χ0v) is 12.8. The van der Waals surface area contributed by atoms with E-state index in [-0.39, 0.29) is 11.8 Å². The molecule has 0 aliphatic rings. The first-order chi connectivity index (χ1) is 9.04. The first kappa shape index (κ1) is 15.7. The molecule has 1 aromatic rings. The van der Waals surface area contributed by atoms with Crippen molar-refractivity contribution in [3.63, 3.8) is 0 Å². The van der Waals surface area contributed by atoms with E-state index in [0.717, 1.165) is 16.5 Å². The molecule has 0 fully saturated rings. The fourth-order valence-corrected chi connectivity index (χ4v) is 1.98. The Labute approximate surface area is 122 Å². The van der Waals surface area contributed by atoms with E-state index in [4.69, 9.17) is 0 Å². The van der Waals surface area contributed by atoms with E-state index in [2.05, 4.69) is 26.6 Å². The maximum atomic E-state index is 11.9. The third kappa shape index (κ3) is 5.42. The number of carbonyl (C=O) groups is 2. The highest BCUT2D eigenvalue weighted by Crippen LogP contribution is 2.17. The van der Waals surface area contributed by atoms with Crippen LogP contribution in [0.15, 0.2) is 22.7 Å². The van der Waals surface area contributed by atoms with Crippen molar-refractivity contribution in [3.05, 3.63) is 33.8 Å². The zero-order chi connectivity index (χ0) is 14.3. The Bertz CT molecular complexity index is 461. The normalized spacial score (nSPS) is 10.1. The van der Waals surface area contributed by atoms with Crippen LogP contribution in [0.1, 0.15) is 35.7 Å². The van der Waals surface area contributed by atoms with Crippen molar-refractivity contribution < 1.29 is 9.59 Å². The quantitative estimate of drug-likeness (QED) is 0.843. The molecule has 0 aliphatic heterocycles. The standard InChI is InChI=1S/C14H19BrN2O2/c1-3-7-16-13(18)6-8-17-14(19)11-9-10(2)4-5-12(11)15/h4-5,9H,3,6-8H2,1-2H3,(H,16,18)(H,17,19). The lowest BCUT2D eigenvalue weighted by Gasteiger charge is -2.08. The number of benzene rings is 1. The molecule has 0 bridgehead atoms. The van der Waals surface area contributed by atoms with Crippen LogP contribution in [0.25, 0.3) is 0 Å². The molecule has 2 N–H and O–H groups in total. The molecule has 0 saturated heterocycles. The number of nitrogens with one attached hydrogen (secondary N) is 2. The Balaban J connectivity index is 2.43. The molecule has 0 spiro atoms. The van der Waals surface area contributed by atoms with Gasteiger partial charge in [-0.3, -0.25) is 9.59 Å². The molecule has 1 rings (SSSR count). The number of halogens is 1. The summed E-state index contributed by atoms with van der Waals surface area (Å²) in [4.78, 5) is 23.3. The molecule has 0 radical (unpaired) electrons. The maximum Gasteiger partial charge on any atom is 0.252 e. The summed E-state index contributed by atoms with van der Waals surface area (Å²) in [6.45, 7) is 4.95. The van der Waals surface area contributed by atoms with E-state index < -0.39 is 0 Å². The van der Waals surface area contributed by atoms with E-state index >= 15 is 0 Å². The molecule has 0 aliphatic carbocycles. The van der Waals surface area contributed by atoms with Crippen molar-refractivity contribution in [2.45, 2.75) is 26.7 Å². The van der Waals surface area contributed by atoms with Crippen molar-refractivity contribution in [3.8, 4) is 0 Å². The van der Waals surface area contributed by atoms with Gasteiger partial charge in [-0.1, -0.05) is 18.6 Å². The van der Waals surface area contributed by atoms with E-state index in [9.17, 15) is 9.59 Å². The number of carbonyl (C=O) groups excluding carboxylic acids is 2. The molecule has 0 aromatic heterocycles. The van der Waals surface area contributed by atoms with Crippen LogP contribution >= 0.6 is 15.9 Å². The summed E-state index contributed by atoms with van der Waals surface area (Å²) in [6.07, 6.45) is 1.21. The molecular weight excluding hydrogens is 308 g/mol. The fraction of sp³-hybridized carbons (Fsp3) is 0.429. The summed E-state index contributed by atoms with van der Waals surface area (Å²) in [7, 11) is 0. The highest BCUT2D eigenvalue weighted by molar-refractivity contribution is 9.10. The lowest BCUT2D eigenvalue weighted by Crippen LogP contribution is -2.31. The number of amides is 2. The van der Waals surface area contributed by atoms with Crippen LogP contribution in [-0.2, 0) is 4.79 Å². The zero-order valence-electron chi connectivity index (χ0n) is 11.3. The third-order valence-electron chi connectivity index (χ3n) is 2.58. The molecule has 0 unspecified atom stereocenters. The molecular formula is C14H19BrN2O2. The first-order valence-electron chi connectivity index (χ1n) is 6.35. The maximum absolute atomic E-state index is 11.9. The minimum absolute atomic E-state index is 0.0366. The number of aryl methyl sites for hydroxylation is 1. The average Bonchev–Trinajstić information content (AvgIpc) is 2.39. The second-order valence-corrected chi connectivity index (χ2v) is 5.19. The van der Waals surface area contributed by atoms with Crippen molar-refractivity contribution >= 4 is 27.7 Å². The fourth-order valence-electron chi connectivity index (χ4n) is 1.55. The Morgan fingerprint density at radius 1 is 1.21 bits per heavy atom. The summed E-state index contributed by atoms with van der Waals surface area (Å²) in [5, 5.41) is 5.51. The SMILES string of the molecule is CCCNC(=O)CCNC(=O)c1cc(C)ccc1Br. The molecule has 0 heterocycles. The summed E-state index contributed by atoms with van der Waals surface area (Å²) >= 11 is 3.35. The first-order valence-corrected chi connectivity index (χ1v) is 7.15. The average molecular weight is 327 g/mol. The molecule has 0 saturated carbocycles. The van der Waals surface area contributed by atoms with Crippen molar-refractivity contribution in [2.24, 2.45) is 0 Å². The number of hydrogen-bond donors (Lipinski definition) is 2. The minimum Gasteiger partial charge on any atom is -0.356 e. The van der Waals surface area contributed by atoms with Crippen LogP contribution in [0.2, 0.25) is 0 Å². The third-order valence-corrected chi connectivity index (χ3v) is 3.27. The van der Waals surface area contributed by atoms with E-state index in [0.29, 0.717) is 25.1 Å². The predicted octanol–water partition coefficient (Wildman–Crippen LogP) is 2.40. The predicted molar refractivity (Wildman–Crippen MR) is 79.1 cm³/mol. The van der Waals surface area contributed by atoms with Crippen LogP contribution in [0.4, 0.5) is 0 Å². The topological polar surface area (TPSA) is 58.2 Å². The van der Waals surface area contributed by atoms with Crippen LogP contribution < -0.4 is 10.6 Å². The Kier molecular flexibility index (Phi) is 6.56. The number of hydrogen-bond acceptors (Lipinski definition) is 2. The summed E-state index contributed by atoms with van der Waals surface area (Å²) in [5.41, 5.74) is 1.61. The highest BCUT2D eigenvalue weighted by atomic mass is 79.9. The van der Waals surface area contributed by atoms with Gasteiger partial charge < -0.3 is 10.6 Å². The van der Waals surface area contributed by atoms with Gasteiger partial charge in [0.1, 0.15) is 0 Å². The van der Waals surface area contributed by atoms with Gasteiger partial charge in [-0.05, 0) is 41.4 Å². The van der Waals surface area contributed by atoms with Gasteiger partial charge in [0.2, 0.25) is 5.91 Å². The van der Waals surface area contributed by atoms with Gasteiger partial charge in [0, 0.05) is 24.0 Å². The molecule has 1 aromatic carbocycles. The van der Waals surface area contributed by atoms with Gasteiger partial charge in [0.15, 0.2) is 0 Å². The smallest absolute Gasteiger partial charge is 0.252 e. The van der Waals surface area contributed by atoms with E-state index in [1.54, 1.807) is 0 Å². The van der Waals surface area contributed by atoms with Gasteiger partial charge in [-0.25, -0.2) is 0 Å². The lowest BCUT2D eigenvalue weighted by molar-refractivity contribution is -0.120. The Morgan fingerprint density at radius 2 is 1.95 bits per heavy atom. The molecule has 0 atom stereocenters. The highest BCUT2D eigenvalue weighted by Gasteiger charge is 2.10. The van der Waals surface area contributed by atoms with Crippen LogP contribution in [0.5, 0.6) is 0 Å². The van der Waals surface area contributed by atoms with Gasteiger partial charge in [-0.15, -0.1) is 0 Å². The van der Waals surface area contributed by atoms with Gasteiger partial charge in [-0.2, -0.15) is 0 Å². The Morgan fingerprint density at radius 3 is 2.63 bits per heavy atom. The molecule has 19 heavy (non-hydrogen) atoms. The summed E-state index contributed by atoms with van der Waals surface area (Å²) in [6, 6.07) is 5.59. The monoisotopic (exact) mass is 326 g/mol. The largest absolute Gasteiger partial charge is 0.356 e. The molecule has 2 amide bonds. The van der Waals surface area contributed by atoms with Crippen LogP contribution in [-0.4, -0.2) is 24.9 Å². The van der Waals surface area contributed by atoms with Gasteiger partial charge >= 0.3 is 0 Å². The minimum atomic E-state index is -0.168. The van der Waals surface area contributed by atoms with E-state index in [1.807, 2.05) is 32.0 Å². The van der Waals surface area contributed by atoms with Crippen LogP contribution in [0, 0.1) is 6.92 Å². The lowest BCUT2D eigenvalue weighted by atomic mass is 10.1. The summed E-state index contributed by atoms with van der Waals surface area (Å²) in [5.74, 6) is -0.204. The summed E-state index contributed by atoms with van der Waals surface area (Å²) < 4.78 is 0.756. The molecule has 4 nitrogen and oxygen atoms in total. The second kappa shape index (κ2) is 7.94. The van der Waals surface area contributed by atoms with Gasteiger partial charge in [0.25, 0.3) is 5.91 Å². The van der Waals surface area contributed by atoms with Gasteiger partial charge in [0.05, 0.1) is 5.56 Å². The number of rotatable bonds is 6. The molecule has 104 valence electrons. The van der Waals surface area contributed by atoms with Crippen molar-refractivity contribution in [1.29, 1.82) is 0 Å². The van der Waals surface area contributed by atoms with Crippen molar-refractivity contribution in [2.75, 3.05) is 13.1 Å². The van der Waals surface area contributed by atoms with Crippen molar-refractivity contribution in [1.82, 2.24) is 10.6 Å². The molecule has 5 heteroatoms.